The van der Waals surface area contributed by atoms with Crippen molar-refractivity contribution in [1.29, 1.82) is 0 Å². The first kappa shape index (κ1) is 10.1. The van der Waals surface area contributed by atoms with Gasteiger partial charge >= 0.3 is 0 Å². The summed E-state index contributed by atoms with van der Waals surface area (Å²) in [6.45, 7) is 4.06. The van der Waals surface area contributed by atoms with Crippen LogP contribution in [0.4, 0.5) is 0 Å². The largest absolute Gasteiger partial charge is 0.317 e. The van der Waals surface area contributed by atoms with Crippen molar-refractivity contribution in [2.24, 2.45) is 10.8 Å². The van der Waals surface area contributed by atoms with Crippen LogP contribution in [-0.4, -0.2) is 28.8 Å². The van der Waals surface area contributed by atoms with Crippen molar-refractivity contribution < 1.29 is 4.79 Å². The van der Waals surface area contributed by atoms with Gasteiger partial charge in [0, 0.05) is 16.0 Å². The van der Waals surface area contributed by atoms with Gasteiger partial charge in [0.2, 0.25) is 5.91 Å². The van der Waals surface area contributed by atoms with Gasteiger partial charge in [-0.15, -0.1) is 0 Å². The van der Waals surface area contributed by atoms with Gasteiger partial charge in [-0.3, -0.25) is 4.79 Å². The third-order valence-electron chi connectivity index (χ3n) is 2.34. The number of hydrogen-bond acceptors (Lipinski definition) is 4. The molecule has 0 unspecified atom stereocenters. The van der Waals surface area contributed by atoms with Crippen molar-refractivity contribution in [2.45, 2.75) is 11.4 Å². The molecule has 7 heteroatoms. The Morgan fingerprint density at radius 3 is 3.20 bits per heavy atom. The number of nitrogens with zero attached hydrogens (tertiary/aromatic N) is 4. The predicted molar refractivity (Wildman–Crippen MR) is 57.4 cm³/mol. The minimum atomic E-state index is -0.441. The van der Waals surface area contributed by atoms with Crippen LogP contribution in [0.15, 0.2) is 28.4 Å². The molecule has 78 valence electrons. The maximum absolute atomic E-state index is 11.3. The van der Waals surface area contributed by atoms with Gasteiger partial charge in [0.25, 0.3) is 0 Å². The highest BCUT2D eigenvalue weighted by Gasteiger charge is 2.47. The van der Waals surface area contributed by atoms with Crippen molar-refractivity contribution in [3.05, 3.63) is 33.7 Å². The fourth-order valence-corrected chi connectivity index (χ4v) is 2.58. The number of amides is 1. The number of azide groups is 1. The number of nitrogens with two attached hydrogens (primary N) is 1. The first-order valence-electron chi connectivity index (χ1n) is 4.30. The molecular formula is C8H9N5OS. The van der Waals surface area contributed by atoms with Gasteiger partial charge < -0.3 is 10.6 Å². The molecule has 1 amide bonds. The number of carbonyl (C=O) groups is 1. The molecule has 2 aliphatic heterocycles. The lowest BCUT2D eigenvalue weighted by molar-refractivity contribution is -0.140. The van der Waals surface area contributed by atoms with Crippen LogP contribution >= 0.6 is 11.8 Å². The maximum Gasteiger partial charge on any atom is 0.247 e. The molecule has 15 heavy (non-hydrogen) atoms. The number of β-lactam (4-membered cyclic amide) rings is 1. The van der Waals surface area contributed by atoms with Crippen LogP contribution in [0.5, 0.6) is 0 Å². The van der Waals surface area contributed by atoms with E-state index in [1.165, 1.54) is 11.8 Å². The average Bonchev–Trinajstić information content (AvgIpc) is 2.26. The number of thioether (sulfide) groups is 1. The normalized spacial score (nSPS) is 28.9. The molecule has 0 aromatic rings. The Bertz CT molecular complexity index is 411. The molecule has 0 aliphatic carbocycles. The Kier molecular flexibility index (Phi) is 2.44. The van der Waals surface area contributed by atoms with Gasteiger partial charge in [-0.05, 0) is 11.1 Å². The maximum atomic E-state index is 11.3. The fraction of sp³-hybridized carbons (Fsp3) is 0.375. The molecule has 2 rings (SSSR count). The van der Waals surface area contributed by atoms with Crippen molar-refractivity contribution in [1.82, 2.24) is 4.90 Å². The van der Waals surface area contributed by atoms with Gasteiger partial charge in [0.05, 0.1) is 6.54 Å². The predicted octanol–water partition coefficient (Wildman–Crippen LogP) is 0.937. The minimum Gasteiger partial charge on any atom is -0.317 e. The molecule has 1 saturated heterocycles. The monoisotopic (exact) mass is 223 g/mol. The Labute approximate surface area is 90.4 Å². The molecule has 6 nitrogen and oxygen atoms in total. The Morgan fingerprint density at radius 2 is 2.53 bits per heavy atom. The second-order valence-corrected chi connectivity index (χ2v) is 4.46. The number of rotatable bonds is 2. The van der Waals surface area contributed by atoms with Gasteiger partial charge in [0.1, 0.15) is 11.4 Å². The number of hydrogen-bond donors (Lipinski definition) is 1. The second-order valence-electron chi connectivity index (χ2n) is 3.25. The summed E-state index contributed by atoms with van der Waals surface area (Å²) in [4.78, 5) is 16.4. The highest BCUT2D eigenvalue weighted by atomic mass is 32.2. The zero-order chi connectivity index (χ0) is 11.0. The highest BCUT2D eigenvalue weighted by Crippen LogP contribution is 2.41. The summed E-state index contributed by atoms with van der Waals surface area (Å²) in [5.41, 5.74) is 14.6. The van der Waals surface area contributed by atoms with Crippen LogP contribution in [0.2, 0.25) is 0 Å². The molecule has 0 aromatic carbocycles. The Morgan fingerprint density at radius 1 is 1.80 bits per heavy atom. The van der Waals surface area contributed by atoms with Gasteiger partial charge in [-0.2, -0.15) is 0 Å². The third-order valence-corrected chi connectivity index (χ3v) is 3.65. The first-order valence-corrected chi connectivity index (χ1v) is 5.18. The second kappa shape index (κ2) is 3.62. The van der Waals surface area contributed by atoms with E-state index in [4.69, 9.17) is 11.3 Å². The summed E-state index contributed by atoms with van der Waals surface area (Å²) in [7, 11) is 0. The van der Waals surface area contributed by atoms with E-state index in [0.29, 0.717) is 0 Å². The topological polar surface area (TPSA) is 95.1 Å². The summed E-state index contributed by atoms with van der Waals surface area (Å²) < 4.78 is 0. The quantitative estimate of drug-likeness (QED) is 0.326. The molecule has 2 N–H and O–H groups in total. The highest BCUT2D eigenvalue weighted by molar-refractivity contribution is 8.04. The lowest BCUT2D eigenvalue weighted by Gasteiger charge is -2.46. The van der Waals surface area contributed by atoms with E-state index in [9.17, 15) is 4.79 Å². The standard InChI is InChI=1S/C8H9N5OS/c1-4-5(2-11-12-10)3-13-7(14)6(9)8(13)15-4/h3,6,8H,1-2,9H2/t6-,8-/m1/s1. The summed E-state index contributed by atoms with van der Waals surface area (Å²) in [5, 5.41) is 3.40. The lowest BCUT2D eigenvalue weighted by atomic mass is 10.1. The van der Waals surface area contributed by atoms with Crippen LogP contribution in [0.1, 0.15) is 0 Å². The van der Waals surface area contributed by atoms with Crippen LogP contribution in [-0.2, 0) is 4.79 Å². The first-order chi connectivity index (χ1) is 7.15. The van der Waals surface area contributed by atoms with Gasteiger partial charge in [-0.25, -0.2) is 0 Å². The van der Waals surface area contributed by atoms with E-state index in [2.05, 4.69) is 16.6 Å². The van der Waals surface area contributed by atoms with Crippen LogP contribution in [0.3, 0.4) is 0 Å². The zero-order valence-electron chi connectivity index (χ0n) is 7.83. The smallest absolute Gasteiger partial charge is 0.247 e. The van der Waals surface area contributed by atoms with E-state index >= 15 is 0 Å². The molecule has 0 spiro atoms. The van der Waals surface area contributed by atoms with E-state index in [-0.39, 0.29) is 17.8 Å². The van der Waals surface area contributed by atoms with E-state index in [1.807, 2.05) is 0 Å². The molecule has 2 heterocycles. The summed E-state index contributed by atoms with van der Waals surface area (Å²) in [5.74, 6) is -0.0987. The molecule has 2 atom stereocenters. The summed E-state index contributed by atoms with van der Waals surface area (Å²) in [6.07, 6.45) is 1.67. The molecule has 0 saturated carbocycles. The summed E-state index contributed by atoms with van der Waals surface area (Å²) in [6, 6.07) is -0.441. The van der Waals surface area contributed by atoms with Crippen LogP contribution in [0, 0.1) is 0 Å². The molecular weight excluding hydrogens is 214 g/mol. The van der Waals surface area contributed by atoms with E-state index in [1.54, 1.807) is 11.1 Å². The van der Waals surface area contributed by atoms with E-state index < -0.39 is 6.04 Å². The number of carbonyl (C=O) groups excluding carboxylic acids is 1. The Hall–Kier alpha value is -1.43. The van der Waals surface area contributed by atoms with E-state index in [0.717, 1.165) is 10.5 Å². The zero-order valence-corrected chi connectivity index (χ0v) is 8.65. The van der Waals surface area contributed by atoms with Crippen molar-refractivity contribution in [2.75, 3.05) is 6.54 Å². The number of fused-ring (bicyclic) bond motifs is 1. The van der Waals surface area contributed by atoms with Crippen molar-refractivity contribution >= 4 is 17.7 Å². The SMILES string of the molecule is C=C1S[C@@H]2[C@H](N)C(=O)N2C=C1CN=[N+]=[N-]. The lowest BCUT2D eigenvalue weighted by Crippen LogP contribution is -2.65. The van der Waals surface area contributed by atoms with Crippen molar-refractivity contribution in [3.8, 4) is 0 Å². The Balaban J connectivity index is 2.20. The third kappa shape index (κ3) is 1.50. The van der Waals surface area contributed by atoms with Gasteiger partial charge in [0.15, 0.2) is 0 Å². The van der Waals surface area contributed by atoms with Crippen molar-refractivity contribution in [3.63, 3.8) is 0 Å². The fourth-order valence-electron chi connectivity index (χ4n) is 1.48. The van der Waals surface area contributed by atoms with Crippen LogP contribution < -0.4 is 5.73 Å². The molecule has 0 bridgehead atoms. The van der Waals surface area contributed by atoms with Crippen LogP contribution in [0.25, 0.3) is 10.4 Å². The summed E-state index contributed by atoms with van der Waals surface area (Å²) >= 11 is 1.44. The molecule has 0 radical (unpaired) electrons. The average molecular weight is 223 g/mol. The van der Waals surface area contributed by atoms with Gasteiger partial charge in [-0.1, -0.05) is 23.5 Å². The molecule has 2 aliphatic rings. The molecule has 1 fully saturated rings. The molecule has 0 aromatic heterocycles. The minimum absolute atomic E-state index is 0.0418.